The molecule has 0 fully saturated rings. The number of rotatable bonds is 7. The van der Waals surface area contributed by atoms with E-state index < -0.39 is 6.04 Å². The van der Waals surface area contributed by atoms with Gasteiger partial charge in [0.1, 0.15) is 6.04 Å². The first-order valence-electron chi connectivity index (χ1n) is 8.77. The van der Waals surface area contributed by atoms with E-state index in [9.17, 15) is 9.59 Å². The zero-order chi connectivity index (χ0) is 18.4. The van der Waals surface area contributed by atoms with Gasteiger partial charge in [-0.25, -0.2) is 0 Å². The molecule has 0 spiro atoms. The minimum absolute atomic E-state index is 0.165. The molecule has 0 aliphatic rings. The van der Waals surface area contributed by atoms with Crippen LogP contribution in [0, 0.1) is 0 Å². The molecule has 0 radical (unpaired) electrons. The molecule has 3 N–H and O–H groups in total. The van der Waals surface area contributed by atoms with E-state index in [1.807, 2.05) is 60.8 Å². The molecule has 26 heavy (non-hydrogen) atoms. The number of benzene rings is 2. The van der Waals surface area contributed by atoms with E-state index >= 15 is 0 Å². The van der Waals surface area contributed by atoms with Gasteiger partial charge in [-0.3, -0.25) is 9.59 Å². The van der Waals surface area contributed by atoms with Crippen molar-refractivity contribution in [2.45, 2.75) is 25.8 Å². The Bertz CT molecular complexity index is 886. The quantitative estimate of drug-likeness (QED) is 0.613. The molecule has 0 saturated heterocycles. The predicted octanol–water partition coefficient (Wildman–Crippen LogP) is 2.57. The van der Waals surface area contributed by atoms with Crippen molar-refractivity contribution in [1.29, 1.82) is 0 Å². The van der Waals surface area contributed by atoms with Crippen molar-refractivity contribution in [3.8, 4) is 0 Å². The molecular weight excluding hydrogens is 326 g/mol. The van der Waals surface area contributed by atoms with E-state index in [1.165, 1.54) is 12.5 Å². The zero-order valence-electron chi connectivity index (χ0n) is 14.8. The maximum atomic E-state index is 12.6. The van der Waals surface area contributed by atoms with Gasteiger partial charge >= 0.3 is 0 Å². The van der Waals surface area contributed by atoms with Crippen LogP contribution in [0.4, 0.5) is 0 Å². The zero-order valence-corrected chi connectivity index (χ0v) is 14.8. The van der Waals surface area contributed by atoms with Gasteiger partial charge in [0.2, 0.25) is 11.8 Å². The van der Waals surface area contributed by atoms with Crippen LogP contribution in [0.5, 0.6) is 0 Å². The molecule has 0 aliphatic carbocycles. The molecule has 1 aromatic heterocycles. The molecule has 5 nitrogen and oxygen atoms in total. The van der Waals surface area contributed by atoms with Crippen LogP contribution in [0.25, 0.3) is 10.9 Å². The third-order valence-corrected chi connectivity index (χ3v) is 4.35. The molecule has 2 aromatic carbocycles. The van der Waals surface area contributed by atoms with Crippen LogP contribution in [0.3, 0.4) is 0 Å². The summed E-state index contributed by atoms with van der Waals surface area (Å²) in [5, 5.41) is 6.77. The summed E-state index contributed by atoms with van der Waals surface area (Å²) in [5.41, 5.74) is 3.20. The van der Waals surface area contributed by atoms with Crippen LogP contribution in [-0.4, -0.2) is 29.4 Å². The van der Waals surface area contributed by atoms with Gasteiger partial charge in [-0.05, 0) is 23.6 Å². The Morgan fingerprint density at radius 1 is 1.04 bits per heavy atom. The molecule has 2 amide bonds. The Hall–Kier alpha value is -3.08. The Morgan fingerprint density at radius 2 is 1.77 bits per heavy atom. The highest BCUT2D eigenvalue weighted by Crippen LogP contribution is 2.19. The number of hydrogen-bond donors (Lipinski definition) is 3. The maximum Gasteiger partial charge on any atom is 0.242 e. The van der Waals surface area contributed by atoms with Crippen molar-refractivity contribution < 1.29 is 9.59 Å². The smallest absolute Gasteiger partial charge is 0.242 e. The van der Waals surface area contributed by atoms with E-state index in [2.05, 4.69) is 15.6 Å². The fourth-order valence-electron chi connectivity index (χ4n) is 3.07. The molecule has 1 atom stereocenters. The summed E-state index contributed by atoms with van der Waals surface area (Å²) in [6.07, 6.45) is 3.10. The fraction of sp³-hybridized carbons (Fsp3) is 0.238. The van der Waals surface area contributed by atoms with Crippen molar-refractivity contribution in [3.63, 3.8) is 0 Å². The lowest BCUT2D eigenvalue weighted by Gasteiger charge is -2.17. The van der Waals surface area contributed by atoms with Crippen LogP contribution < -0.4 is 10.6 Å². The van der Waals surface area contributed by atoms with Gasteiger partial charge in [0.25, 0.3) is 0 Å². The van der Waals surface area contributed by atoms with E-state index in [0.29, 0.717) is 13.0 Å². The standard InChI is InChI=1S/C21H23N3O2/c1-15(25)24-20(13-17-14-23-19-10-6-5-9-18(17)19)21(26)22-12-11-16-7-3-2-4-8-16/h2-10,14,20,23H,11-13H2,1H3,(H,22,26)(H,24,25)/t20-/m0/s1. The highest BCUT2D eigenvalue weighted by Gasteiger charge is 2.21. The summed E-state index contributed by atoms with van der Waals surface area (Å²) in [6.45, 7) is 1.96. The summed E-state index contributed by atoms with van der Waals surface area (Å²) in [7, 11) is 0. The van der Waals surface area contributed by atoms with Crippen LogP contribution in [0.15, 0.2) is 60.8 Å². The summed E-state index contributed by atoms with van der Waals surface area (Å²) in [4.78, 5) is 27.3. The van der Waals surface area contributed by atoms with Crippen molar-refractivity contribution in [2.24, 2.45) is 0 Å². The largest absolute Gasteiger partial charge is 0.361 e. The highest BCUT2D eigenvalue weighted by molar-refractivity contribution is 5.89. The number of fused-ring (bicyclic) bond motifs is 1. The Morgan fingerprint density at radius 3 is 2.54 bits per heavy atom. The average Bonchev–Trinajstić information content (AvgIpc) is 3.05. The molecule has 5 heteroatoms. The highest BCUT2D eigenvalue weighted by atomic mass is 16.2. The Labute approximate surface area is 152 Å². The minimum Gasteiger partial charge on any atom is -0.361 e. The number of amides is 2. The van der Waals surface area contributed by atoms with Gasteiger partial charge in [0, 0.05) is 37.0 Å². The van der Waals surface area contributed by atoms with Crippen molar-refractivity contribution in [1.82, 2.24) is 15.6 Å². The topological polar surface area (TPSA) is 74.0 Å². The lowest BCUT2D eigenvalue weighted by atomic mass is 10.0. The number of aromatic nitrogens is 1. The third-order valence-electron chi connectivity index (χ3n) is 4.35. The second-order valence-electron chi connectivity index (χ2n) is 6.34. The number of aromatic amines is 1. The predicted molar refractivity (Wildman–Crippen MR) is 103 cm³/mol. The van der Waals surface area contributed by atoms with Crippen LogP contribution in [-0.2, 0) is 22.4 Å². The van der Waals surface area contributed by atoms with Gasteiger partial charge in [-0.1, -0.05) is 48.5 Å². The van der Waals surface area contributed by atoms with Crippen molar-refractivity contribution in [3.05, 3.63) is 71.9 Å². The normalized spacial score (nSPS) is 11.9. The molecule has 3 aromatic rings. The summed E-state index contributed by atoms with van der Waals surface area (Å²) in [6, 6.07) is 17.3. The van der Waals surface area contributed by atoms with E-state index in [1.54, 1.807) is 0 Å². The first kappa shape index (κ1) is 17.7. The Kier molecular flexibility index (Phi) is 5.69. The van der Waals surface area contributed by atoms with Crippen molar-refractivity contribution in [2.75, 3.05) is 6.54 Å². The number of para-hydroxylation sites is 1. The van der Waals surface area contributed by atoms with Gasteiger partial charge in [0.15, 0.2) is 0 Å². The SMILES string of the molecule is CC(=O)N[C@@H](Cc1c[nH]c2ccccc12)C(=O)NCCc1ccccc1. The van der Waals surface area contributed by atoms with E-state index in [4.69, 9.17) is 0 Å². The molecule has 0 bridgehead atoms. The lowest BCUT2D eigenvalue weighted by Crippen LogP contribution is -2.47. The van der Waals surface area contributed by atoms with E-state index in [-0.39, 0.29) is 11.8 Å². The number of H-pyrrole nitrogens is 1. The number of nitrogens with one attached hydrogen (secondary N) is 3. The third kappa shape index (κ3) is 4.51. The molecule has 0 saturated carbocycles. The monoisotopic (exact) mass is 349 g/mol. The molecule has 0 unspecified atom stereocenters. The molecule has 3 rings (SSSR count). The molecule has 1 heterocycles. The lowest BCUT2D eigenvalue weighted by molar-refractivity contribution is -0.128. The maximum absolute atomic E-state index is 12.6. The number of hydrogen-bond acceptors (Lipinski definition) is 2. The minimum atomic E-state index is -0.595. The van der Waals surface area contributed by atoms with E-state index in [0.717, 1.165) is 22.9 Å². The first-order chi connectivity index (χ1) is 12.6. The van der Waals surface area contributed by atoms with Gasteiger partial charge < -0.3 is 15.6 Å². The van der Waals surface area contributed by atoms with Crippen LogP contribution >= 0.6 is 0 Å². The average molecular weight is 349 g/mol. The summed E-state index contributed by atoms with van der Waals surface area (Å²) in [5.74, 6) is -0.380. The second kappa shape index (κ2) is 8.34. The van der Waals surface area contributed by atoms with Gasteiger partial charge in [0.05, 0.1) is 0 Å². The number of carbonyl (C=O) groups is 2. The van der Waals surface area contributed by atoms with Crippen molar-refractivity contribution >= 4 is 22.7 Å². The fourth-order valence-corrected chi connectivity index (χ4v) is 3.07. The van der Waals surface area contributed by atoms with Crippen LogP contribution in [0.2, 0.25) is 0 Å². The second-order valence-corrected chi connectivity index (χ2v) is 6.34. The van der Waals surface area contributed by atoms with Crippen LogP contribution in [0.1, 0.15) is 18.1 Å². The van der Waals surface area contributed by atoms with Gasteiger partial charge in [-0.2, -0.15) is 0 Å². The number of carbonyl (C=O) groups excluding carboxylic acids is 2. The summed E-state index contributed by atoms with van der Waals surface area (Å²) >= 11 is 0. The first-order valence-corrected chi connectivity index (χ1v) is 8.77. The molecule has 134 valence electrons. The van der Waals surface area contributed by atoms with Gasteiger partial charge in [-0.15, -0.1) is 0 Å². The Balaban J connectivity index is 1.65. The summed E-state index contributed by atoms with van der Waals surface area (Å²) < 4.78 is 0. The molecular formula is C21H23N3O2. The molecule has 0 aliphatic heterocycles.